The van der Waals surface area contributed by atoms with E-state index in [-0.39, 0.29) is 17.1 Å². The number of hydrogen-bond donors (Lipinski definition) is 6. The number of H-pyrrole nitrogens is 6. The summed E-state index contributed by atoms with van der Waals surface area (Å²) >= 11 is -22.1. The van der Waals surface area contributed by atoms with E-state index < -0.39 is 28.3 Å². The van der Waals surface area contributed by atoms with Crippen LogP contribution in [-0.2, 0) is 17.1 Å². The van der Waals surface area contributed by atoms with E-state index in [1.54, 1.807) is 74.4 Å². The predicted molar refractivity (Wildman–Crippen MR) is 136 cm³/mol. The maximum atomic E-state index is 9.91. The van der Waals surface area contributed by atoms with Crippen LogP contribution in [0.4, 0.5) is 41.6 Å². The first-order valence-corrected chi connectivity index (χ1v) is 19.2. The van der Waals surface area contributed by atoms with Crippen molar-refractivity contribution >= 4 is 28.3 Å². The van der Waals surface area contributed by atoms with Gasteiger partial charge in [0, 0.05) is 74.4 Å². The molecule has 0 saturated carbocycles. The van der Waals surface area contributed by atoms with Gasteiger partial charge < -0.3 is 0 Å². The standard InChI is InChI=1S/6C3H4N2.2AsF6.Cu/c6*1-2-4-5-3-1;2*2-1(3,4,5,6)7;/h6*1-3H,(H,4,5);;;/q;;;;;;2*-1;+2. The molecular formula is C18H24As2CuF12N12. The van der Waals surface area contributed by atoms with Crippen molar-refractivity contribution in [2.24, 2.45) is 0 Å². The molecule has 6 N–H and O–H groups in total. The zero-order valence-electron chi connectivity index (χ0n) is 21.8. The van der Waals surface area contributed by atoms with Crippen LogP contribution in [0, 0.1) is 0 Å². The van der Waals surface area contributed by atoms with E-state index in [9.17, 15) is 41.6 Å². The van der Waals surface area contributed by atoms with Crippen LogP contribution >= 0.6 is 0 Å². The Bertz CT molecular complexity index is 959. The number of rotatable bonds is 0. The van der Waals surface area contributed by atoms with Crippen molar-refractivity contribution in [3.63, 3.8) is 0 Å². The fraction of sp³-hybridized carbons (Fsp3) is 0. The fourth-order valence-electron chi connectivity index (χ4n) is 1.29. The summed E-state index contributed by atoms with van der Waals surface area (Å²) in [5.41, 5.74) is 0. The third kappa shape index (κ3) is 85.4. The van der Waals surface area contributed by atoms with Crippen LogP contribution in [0.3, 0.4) is 0 Å². The van der Waals surface area contributed by atoms with E-state index in [0.717, 1.165) is 0 Å². The summed E-state index contributed by atoms with van der Waals surface area (Å²) in [5.74, 6) is 0. The van der Waals surface area contributed by atoms with Crippen molar-refractivity contribution in [1.82, 2.24) is 61.2 Å². The molecule has 6 heterocycles. The summed E-state index contributed by atoms with van der Waals surface area (Å²) in [7, 11) is 0. The molecule has 0 aliphatic rings. The number of halogens is 12. The smallest absolute Gasteiger partial charge is 0.286 e. The molecule has 0 aliphatic heterocycles. The molecule has 0 aliphatic carbocycles. The second-order valence-corrected chi connectivity index (χ2v) is 14.6. The maximum absolute atomic E-state index is 11.1. The molecule has 27 heteroatoms. The Morgan fingerprint density at radius 3 is 0.422 bits per heavy atom. The number of nitrogens with zero attached hydrogens (tertiary/aromatic N) is 6. The first-order chi connectivity index (χ1) is 19.9. The summed E-state index contributed by atoms with van der Waals surface area (Å²) in [6, 6.07) is 11.0. The van der Waals surface area contributed by atoms with Gasteiger partial charge >= 0.3 is 87.0 Å². The van der Waals surface area contributed by atoms with Crippen LogP contribution < -0.4 is 0 Å². The third-order valence-corrected chi connectivity index (χ3v) is 2.44. The van der Waals surface area contributed by atoms with Gasteiger partial charge in [-0.3, -0.25) is 30.6 Å². The molecule has 0 amide bonds. The molecule has 12 nitrogen and oxygen atoms in total. The van der Waals surface area contributed by atoms with E-state index in [1.807, 2.05) is 36.4 Å². The number of aromatic nitrogens is 12. The van der Waals surface area contributed by atoms with Gasteiger partial charge in [0.15, 0.2) is 0 Å². The van der Waals surface area contributed by atoms with Gasteiger partial charge in [0.05, 0.1) is 0 Å². The Balaban J connectivity index is -0.000000448. The molecular weight excluding hydrogens is 826 g/mol. The van der Waals surface area contributed by atoms with Crippen molar-refractivity contribution in [2.75, 3.05) is 0 Å². The van der Waals surface area contributed by atoms with E-state index in [1.165, 1.54) is 0 Å². The Hall–Kier alpha value is -3.94. The van der Waals surface area contributed by atoms with Crippen LogP contribution in [0.15, 0.2) is 111 Å². The summed E-state index contributed by atoms with van der Waals surface area (Å²) in [6.45, 7) is 0. The predicted octanol–water partition coefficient (Wildman–Crippen LogP) is 6.74. The third-order valence-electron chi connectivity index (χ3n) is 2.44. The monoisotopic (exact) mass is 849 g/mol. The molecule has 0 bridgehead atoms. The summed E-state index contributed by atoms with van der Waals surface area (Å²) in [4.78, 5) is 0. The topological polar surface area (TPSA) is 172 Å². The molecule has 0 aromatic carbocycles. The van der Waals surface area contributed by atoms with Gasteiger partial charge in [-0.25, -0.2) is 0 Å². The molecule has 1 radical (unpaired) electrons. The molecule has 6 aromatic rings. The van der Waals surface area contributed by atoms with Gasteiger partial charge in [-0.15, -0.1) is 0 Å². The fourth-order valence-corrected chi connectivity index (χ4v) is 1.29. The van der Waals surface area contributed by atoms with Gasteiger partial charge in [0.25, 0.3) is 0 Å². The molecule has 6 rings (SSSR count). The molecule has 6 aromatic heterocycles. The SMILES string of the molecule is F[As-](F)(F)(F)(F)F.F[As-](F)(F)(F)(F)F.[Cu+2].c1cn[nH]c1.c1cn[nH]c1.c1cn[nH]c1.c1cn[nH]c1.c1cn[nH]c1.c1cn[nH]c1. The quantitative estimate of drug-likeness (QED) is 0.0731. The summed E-state index contributed by atoms with van der Waals surface area (Å²) in [6.07, 6.45) is 20.8. The largest absolute Gasteiger partial charge is 2.00 e. The van der Waals surface area contributed by atoms with Crippen LogP contribution in [0.25, 0.3) is 0 Å². The van der Waals surface area contributed by atoms with Crippen LogP contribution in [-0.4, -0.2) is 89.5 Å². The minimum absolute atomic E-state index is 0. The Morgan fingerprint density at radius 2 is 0.400 bits per heavy atom. The molecule has 45 heavy (non-hydrogen) atoms. The van der Waals surface area contributed by atoms with Crippen molar-refractivity contribution < 1.29 is 58.7 Å². The Morgan fingerprint density at radius 1 is 0.289 bits per heavy atom. The van der Waals surface area contributed by atoms with E-state index >= 15 is 0 Å². The van der Waals surface area contributed by atoms with Gasteiger partial charge in [0.2, 0.25) is 0 Å². The average molecular weight is 850 g/mol. The summed E-state index contributed by atoms with van der Waals surface area (Å²) < 4.78 is 119. The summed E-state index contributed by atoms with van der Waals surface area (Å²) in [5, 5.41) is 37.2. The number of nitrogens with one attached hydrogen (secondary N) is 6. The number of hydrogen-bond acceptors (Lipinski definition) is 6. The number of aromatic amines is 6. The van der Waals surface area contributed by atoms with E-state index in [0.29, 0.717) is 0 Å². The zero-order valence-corrected chi connectivity index (χ0v) is 26.5. The van der Waals surface area contributed by atoms with Crippen LogP contribution in [0.2, 0.25) is 0 Å². The van der Waals surface area contributed by atoms with Crippen LogP contribution in [0.1, 0.15) is 0 Å². The molecule has 0 saturated heterocycles. The van der Waals surface area contributed by atoms with Gasteiger partial charge in [-0.2, -0.15) is 30.6 Å². The van der Waals surface area contributed by atoms with Gasteiger partial charge in [-0.05, 0) is 36.4 Å². The van der Waals surface area contributed by atoms with Gasteiger partial charge in [0.1, 0.15) is 0 Å². The molecule has 0 atom stereocenters. The molecule has 261 valence electrons. The van der Waals surface area contributed by atoms with E-state index in [2.05, 4.69) is 61.2 Å². The first-order valence-electron chi connectivity index (χ1n) is 10.7. The average Bonchev–Trinajstić information content (AvgIpc) is 3.78. The normalized spacial score (nSPS) is 12.5. The maximum Gasteiger partial charge on any atom is 2.00 e. The van der Waals surface area contributed by atoms with Crippen LogP contribution in [0.5, 0.6) is 0 Å². The second-order valence-electron chi connectivity index (χ2n) is 6.51. The molecule has 0 fully saturated rings. The van der Waals surface area contributed by atoms with Gasteiger partial charge in [-0.1, -0.05) is 0 Å². The van der Waals surface area contributed by atoms with E-state index in [4.69, 9.17) is 0 Å². The zero-order chi connectivity index (χ0) is 34.0. The van der Waals surface area contributed by atoms with Crippen molar-refractivity contribution in [2.45, 2.75) is 0 Å². The van der Waals surface area contributed by atoms with Crippen molar-refractivity contribution in [3.05, 3.63) is 111 Å². The minimum Gasteiger partial charge on any atom is -0.286 e. The first kappa shape index (κ1) is 45.5. The second kappa shape index (κ2) is 19.4. The Kier molecular flexibility index (Phi) is 19.7. The Labute approximate surface area is 258 Å². The minimum atomic E-state index is -11.1. The van der Waals surface area contributed by atoms with Crippen molar-refractivity contribution in [1.29, 1.82) is 0 Å². The van der Waals surface area contributed by atoms with Crippen molar-refractivity contribution in [3.8, 4) is 0 Å². The molecule has 0 spiro atoms. The molecule has 0 unspecified atom stereocenters.